The molecule has 0 atom stereocenters. The standard InChI is InChI=1S/C84H56N2OSi/c1-6-25-57(26-7-1)58-45-49-65(50-46-58)88(63-31-12-4-13-32-63,64-33-14-5-15-34-64)66-55-75(59-27-8-2-9-28-59)84(76(56-66)60-29-10-3-11-30-60)86-79-43-22-19-38-70(79)77-54-62(48-52-80(77)86)85-78-42-21-18-37-69(78)74-41-24-40-73(83(74)85)68-36-17-16-35-67(68)61-47-51-72-71-39-20-23-44-81(71)87-82(72)53-61/h1-56H. The third-order valence-corrected chi connectivity index (χ3v) is 23.0. The van der Waals surface area contributed by atoms with E-state index in [1.165, 1.54) is 64.5 Å². The third kappa shape index (κ3) is 8.18. The largest absolute Gasteiger partial charge is 0.456 e. The molecule has 3 nitrogen and oxygen atoms in total. The summed E-state index contributed by atoms with van der Waals surface area (Å²) in [4.78, 5) is 0. The summed E-state index contributed by atoms with van der Waals surface area (Å²) in [5.41, 5.74) is 20.2. The molecule has 0 fully saturated rings. The molecule has 0 bridgehead atoms. The van der Waals surface area contributed by atoms with Crippen LogP contribution in [0.5, 0.6) is 0 Å². The normalized spacial score (nSPS) is 11.9. The van der Waals surface area contributed by atoms with Gasteiger partial charge in [-0.25, -0.2) is 0 Å². The maximum absolute atomic E-state index is 6.48. The highest BCUT2D eigenvalue weighted by molar-refractivity contribution is 7.20. The van der Waals surface area contributed by atoms with Crippen molar-refractivity contribution in [2.75, 3.05) is 0 Å². The van der Waals surface area contributed by atoms with Gasteiger partial charge in [0.1, 0.15) is 11.2 Å². The summed E-state index contributed by atoms with van der Waals surface area (Å²) < 4.78 is 11.6. The number of rotatable bonds is 11. The number of para-hydroxylation sites is 4. The molecule has 0 aliphatic heterocycles. The number of furan rings is 1. The van der Waals surface area contributed by atoms with Crippen molar-refractivity contribution in [1.82, 2.24) is 9.13 Å². The van der Waals surface area contributed by atoms with Crippen LogP contribution in [0.4, 0.5) is 0 Å². The van der Waals surface area contributed by atoms with Crippen LogP contribution >= 0.6 is 0 Å². The molecule has 14 aromatic carbocycles. The Bertz CT molecular complexity index is 5370. The minimum atomic E-state index is -3.14. The Labute approximate surface area is 511 Å². The van der Waals surface area contributed by atoms with Gasteiger partial charge in [0.2, 0.25) is 0 Å². The van der Waals surface area contributed by atoms with Crippen LogP contribution < -0.4 is 20.7 Å². The number of aromatic nitrogens is 2. The number of fused-ring (bicyclic) bond motifs is 9. The molecular formula is C84H56N2OSi. The number of hydrogen-bond acceptors (Lipinski definition) is 1. The first-order valence-electron chi connectivity index (χ1n) is 30.3. The fraction of sp³-hybridized carbons (Fsp3) is 0. The van der Waals surface area contributed by atoms with Crippen LogP contribution in [0.2, 0.25) is 0 Å². The highest BCUT2D eigenvalue weighted by Gasteiger charge is 2.43. The van der Waals surface area contributed by atoms with Gasteiger partial charge in [0.15, 0.2) is 8.07 Å². The van der Waals surface area contributed by atoms with Gasteiger partial charge in [-0.2, -0.15) is 0 Å². The molecule has 0 unspecified atom stereocenters. The van der Waals surface area contributed by atoms with Gasteiger partial charge in [-0.1, -0.05) is 291 Å². The first-order valence-corrected chi connectivity index (χ1v) is 32.3. The molecule has 0 aliphatic carbocycles. The smallest absolute Gasteiger partial charge is 0.179 e. The highest BCUT2D eigenvalue weighted by Crippen LogP contribution is 2.46. The fourth-order valence-electron chi connectivity index (χ4n) is 14.4. The van der Waals surface area contributed by atoms with E-state index in [-0.39, 0.29) is 0 Å². The molecule has 88 heavy (non-hydrogen) atoms. The Morgan fingerprint density at radius 3 is 1.33 bits per heavy atom. The SMILES string of the molecule is c1ccc(-c2ccc([Si](c3ccccc3)(c3ccccc3)c3cc(-c4ccccc4)c(-n4c5ccccc5c5cc(-n6c7ccccc7c7cccc(-c8ccccc8-c8ccc9c(c8)oc8ccccc89)c76)ccc54)c(-c4ccccc4)c3)cc2)cc1. The lowest BCUT2D eigenvalue weighted by molar-refractivity contribution is 0.669. The van der Waals surface area contributed by atoms with Crippen molar-refractivity contribution in [1.29, 1.82) is 0 Å². The minimum Gasteiger partial charge on any atom is -0.456 e. The summed E-state index contributed by atoms with van der Waals surface area (Å²) >= 11 is 0. The van der Waals surface area contributed by atoms with E-state index in [2.05, 4.69) is 343 Å². The van der Waals surface area contributed by atoms with Gasteiger partial charge in [0, 0.05) is 54.7 Å². The molecule has 0 aliphatic rings. The van der Waals surface area contributed by atoms with Gasteiger partial charge >= 0.3 is 0 Å². The molecule has 412 valence electrons. The third-order valence-electron chi connectivity index (χ3n) is 18.3. The molecule has 3 aromatic heterocycles. The molecule has 0 radical (unpaired) electrons. The summed E-state index contributed by atoms with van der Waals surface area (Å²) in [6, 6.07) is 126. The second kappa shape index (κ2) is 21.0. The molecule has 0 N–H and O–H groups in total. The zero-order valence-corrected chi connectivity index (χ0v) is 49.1. The van der Waals surface area contributed by atoms with Gasteiger partial charge < -0.3 is 13.6 Å². The van der Waals surface area contributed by atoms with Crippen molar-refractivity contribution < 1.29 is 4.42 Å². The zero-order chi connectivity index (χ0) is 58.1. The maximum atomic E-state index is 6.48. The van der Waals surface area contributed by atoms with Crippen molar-refractivity contribution in [3.8, 4) is 67.0 Å². The van der Waals surface area contributed by atoms with E-state index in [1.807, 2.05) is 6.07 Å². The second-order valence-electron chi connectivity index (χ2n) is 23.0. The lowest BCUT2D eigenvalue weighted by Crippen LogP contribution is -2.74. The van der Waals surface area contributed by atoms with Crippen LogP contribution in [0.3, 0.4) is 0 Å². The summed E-state index contributed by atoms with van der Waals surface area (Å²) in [6.07, 6.45) is 0. The van der Waals surface area contributed by atoms with Gasteiger partial charge in [-0.05, 0) is 108 Å². The lowest BCUT2D eigenvalue weighted by atomic mass is 9.92. The van der Waals surface area contributed by atoms with E-state index in [0.29, 0.717) is 0 Å². The van der Waals surface area contributed by atoms with Crippen LogP contribution in [-0.4, -0.2) is 17.2 Å². The van der Waals surface area contributed by atoms with E-state index in [1.54, 1.807) is 0 Å². The quantitative estimate of drug-likeness (QED) is 0.0935. The molecule has 0 amide bonds. The Hall–Kier alpha value is -11.3. The fourth-order valence-corrected chi connectivity index (χ4v) is 19.2. The van der Waals surface area contributed by atoms with E-state index in [4.69, 9.17) is 4.42 Å². The predicted molar refractivity (Wildman–Crippen MR) is 373 cm³/mol. The number of hydrogen-bond donors (Lipinski definition) is 0. The number of nitrogens with zero attached hydrogens (tertiary/aromatic N) is 2. The Morgan fingerprint density at radius 1 is 0.227 bits per heavy atom. The van der Waals surface area contributed by atoms with Crippen molar-refractivity contribution >= 4 is 94.4 Å². The summed E-state index contributed by atoms with van der Waals surface area (Å²) in [5, 5.41) is 12.3. The topological polar surface area (TPSA) is 23.0 Å². The van der Waals surface area contributed by atoms with Gasteiger partial charge in [0.25, 0.3) is 0 Å². The molecule has 0 saturated heterocycles. The molecule has 0 saturated carbocycles. The number of benzene rings is 14. The van der Waals surface area contributed by atoms with Gasteiger partial charge in [-0.15, -0.1) is 0 Å². The van der Waals surface area contributed by atoms with E-state index in [0.717, 1.165) is 88.8 Å². The summed E-state index contributed by atoms with van der Waals surface area (Å²) in [6.45, 7) is 0. The highest BCUT2D eigenvalue weighted by atomic mass is 28.3. The monoisotopic (exact) mass is 1140 g/mol. The lowest BCUT2D eigenvalue weighted by Gasteiger charge is -2.36. The summed E-state index contributed by atoms with van der Waals surface area (Å²) in [5.74, 6) is 0. The Morgan fingerprint density at radius 2 is 0.682 bits per heavy atom. The first kappa shape index (κ1) is 51.1. The summed E-state index contributed by atoms with van der Waals surface area (Å²) in [7, 11) is -3.14. The van der Waals surface area contributed by atoms with Crippen molar-refractivity contribution in [3.63, 3.8) is 0 Å². The van der Waals surface area contributed by atoms with Crippen molar-refractivity contribution in [2.45, 2.75) is 0 Å². The van der Waals surface area contributed by atoms with E-state index in [9.17, 15) is 0 Å². The minimum absolute atomic E-state index is 0.885. The van der Waals surface area contributed by atoms with Crippen molar-refractivity contribution in [2.24, 2.45) is 0 Å². The van der Waals surface area contributed by atoms with Crippen LogP contribution in [0.1, 0.15) is 0 Å². The Kier molecular flexibility index (Phi) is 12.2. The second-order valence-corrected chi connectivity index (χ2v) is 26.8. The Balaban J connectivity index is 0.918. The van der Waals surface area contributed by atoms with E-state index >= 15 is 0 Å². The average molecular weight is 1140 g/mol. The van der Waals surface area contributed by atoms with Gasteiger partial charge in [0.05, 0.1) is 27.8 Å². The average Bonchev–Trinajstić information content (AvgIpc) is 1.45. The van der Waals surface area contributed by atoms with Crippen LogP contribution in [0.25, 0.3) is 133 Å². The molecule has 17 rings (SSSR count). The maximum Gasteiger partial charge on any atom is 0.179 e. The van der Waals surface area contributed by atoms with Gasteiger partial charge in [-0.3, -0.25) is 0 Å². The molecular weight excluding hydrogens is 1080 g/mol. The first-order chi connectivity index (χ1) is 43.7. The van der Waals surface area contributed by atoms with Crippen LogP contribution in [0.15, 0.2) is 344 Å². The molecule has 3 heterocycles. The van der Waals surface area contributed by atoms with Crippen LogP contribution in [0, 0.1) is 0 Å². The molecule has 0 spiro atoms. The zero-order valence-electron chi connectivity index (χ0n) is 48.1. The molecule has 17 aromatic rings. The predicted octanol–water partition coefficient (Wildman–Crippen LogP) is 19.5. The van der Waals surface area contributed by atoms with E-state index < -0.39 is 8.07 Å². The van der Waals surface area contributed by atoms with Crippen LogP contribution in [-0.2, 0) is 0 Å². The van der Waals surface area contributed by atoms with Crippen molar-refractivity contribution in [3.05, 3.63) is 340 Å². The molecule has 4 heteroatoms.